The van der Waals surface area contributed by atoms with E-state index < -0.39 is 5.91 Å². The Bertz CT molecular complexity index is 419. The molecule has 0 saturated heterocycles. The molecule has 0 saturated carbocycles. The molecular formula is C14H23N3O2. The second kappa shape index (κ2) is 7.63. The van der Waals surface area contributed by atoms with Gasteiger partial charge >= 0.3 is 0 Å². The van der Waals surface area contributed by atoms with Gasteiger partial charge in [0.15, 0.2) is 0 Å². The Balaban J connectivity index is 2.40. The number of rotatable bonds is 8. The van der Waals surface area contributed by atoms with Gasteiger partial charge in [0.2, 0.25) is 0 Å². The number of ether oxygens (including phenoxy) is 1. The number of hydrogen-bond donors (Lipinski definition) is 3. The molecule has 0 atom stereocenters. The van der Waals surface area contributed by atoms with Crippen molar-refractivity contribution in [3.8, 4) is 0 Å². The maximum absolute atomic E-state index is 11.3. The van der Waals surface area contributed by atoms with Crippen molar-refractivity contribution in [2.24, 2.45) is 11.7 Å². The Morgan fingerprint density at radius 2 is 2.11 bits per heavy atom. The molecule has 0 unspecified atom stereocenters. The minimum Gasteiger partial charge on any atom is -0.399 e. The third-order valence-corrected chi connectivity index (χ3v) is 2.71. The lowest BCUT2D eigenvalue weighted by atomic mass is 10.1. The number of carbonyl (C=O) groups is 1. The van der Waals surface area contributed by atoms with Crippen LogP contribution >= 0.6 is 0 Å². The lowest BCUT2D eigenvalue weighted by Gasteiger charge is -2.11. The summed E-state index contributed by atoms with van der Waals surface area (Å²) in [6.07, 6.45) is 1.05. The first kappa shape index (κ1) is 15.3. The molecule has 0 heterocycles. The molecule has 0 aromatic heterocycles. The number of amides is 1. The van der Waals surface area contributed by atoms with Crippen molar-refractivity contribution in [2.45, 2.75) is 20.3 Å². The van der Waals surface area contributed by atoms with Crippen molar-refractivity contribution in [1.82, 2.24) is 0 Å². The minimum absolute atomic E-state index is 0.441. The molecule has 1 rings (SSSR count). The molecule has 19 heavy (non-hydrogen) atoms. The summed E-state index contributed by atoms with van der Waals surface area (Å²) < 4.78 is 5.49. The molecule has 0 aliphatic rings. The second-order valence-corrected chi connectivity index (χ2v) is 4.89. The van der Waals surface area contributed by atoms with E-state index in [1.54, 1.807) is 18.2 Å². The third kappa shape index (κ3) is 5.61. The van der Waals surface area contributed by atoms with Gasteiger partial charge in [-0.3, -0.25) is 4.79 Å². The van der Waals surface area contributed by atoms with Gasteiger partial charge < -0.3 is 21.5 Å². The largest absolute Gasteiger partial charge is 0.399 e. The average Bonchev–Trinajstić information content (AvgIpc) is 2.33. The van der Waals surface area contributed by atoms with Gasteiger partial charge in [-0.15, -0.1) is 0 Å². The number of hydrogen-bond acceptors (Lipinski definition) is 4. The SMILES string of the molecule is CC(C)CCOCCNc1cc(N)ccc1C(N)=O. The zero-order valence-corrected chi connectivity index (χ0v) is 11.6. The van der Waals surface area contributed by atoms with Gasteiger partial charge in [-0.05, 0) is 30.5 Å². The number of nitrogens with two attached hydrogens (primary N) is 2. The van der Waals surface area contributed by atoms with Crippen molar-refractivity contribution in [1.29, 1.82) is 0 Å². The average molecular weight is 265 g/mol. The number of nitrogens with one attached hydrogen (secondary N) is 1. The summed E-state index contributed by atoms with van der Waals surface area (Å²) in [5.74, 6) is 0.173. The van der Waals surface area contributed by atoms with Crippen LogP contribution in [0.4, 0.5) is 11.4 Å². The lowest BCUT2D eigenvalue weighted by molar-refractivity contribution is 0.100. The van der Waals surface area contributed by atoms with Crippen LogP contribution in [0.3, 0.4) is 0 Å². The fourth-order valence-electron chi connectivity index (χ4n) is 1.60. The summed E-state index contributed by atoms with van der Waals surface area (Å²) >= 11 is 0. The molecular weight excluding hydrogens is 242 g/mol. The van der Waals surface area contributed by atoms with Crippen molar-refractivity contribution in [3.05, 3.63) is 23.8 Å². The summed E-state index contributed by atoms with van der Waals surface area (Å²) in [7, 11) is 0. The van der Waals surface area contributed by atoms with E-state index in [1.807, 2.05) is 0 Å². The van der Waals surface area contributed by atoms with Crippen LogP contribution < -0.4 is 16.8 Å². The van der Waals surface area contributed by atoms with E-state index in [4.69, 9.17) is 16.2 Å². The Kier molecular flexibility index (Phi) is 6.15. The smallest absolute Gasteiger partial charge is 0.250 e. The van der Waals surface area contributed by atoms with Crippen molar-refractivity contribution in [2.75, 3.05) is 30.8 Å². The monoisotopic (exact) mass is 265 g/mol. The lowest BCUT2D eigenvalue weighted by Crippen LogP contribution is -2.17. The highest BCUT2D eigenvalue weighted by molar-refractivity contribution is 5.99. The van der Waals surface area contributed by atoms with E-state index in [0.717, 1.165) is 13.0 Å². The van der Waals surface area contributed by atoms with Gasteiger partial charge in [0.1, 0.15) is 0 Å². The summed E-state index contributed by atoms with van der Waals surface area (Å²) in [6, 6.07) is 4.98. The Morgan fingerprint density at radius 3 is 2.74 bits per heavy atom. The molecule has 106 valence electrons. The molecule has 1 amide bonds. The fraction of sp³-hybridized carbons (Fsp3) is 0.500. The van der Waals surface area contributed by atoms with Gasteiger partial charge in [0.25, 0.3) is 5.91 Å². The first-order valence-corrected chi connectivity index (χ1v) is 6.51. The van der Waals surface area contributed by atoms with Crippen LogP contribution in [0.1, 0.15) is 30.6 Å². The maximum atomic E-state index is 11.3. The van der Waals surface area contributed by atoms with Crippen molar-refractivity contribution < 1.29 is 9.53 Å². The van der Waals surface area contributed by atoms with Crippen LogP contribution in [0.5, 0.6) is 0 Å². The minimum atomic E-state index is -0.469. The molecule has 0 spiro atoms. The predicted molar refractivity (Wildman–Crippen MR) is 78.1 cm³/mol. The van der Waals surface area contributed by atoms with Gasteiger partial charge in [-0.25, -0.2) is 0 Å². The maximum Gasteiger partial charge on any atom is 0.250 e. The quantitative estimate of drug-likeness (QED) is 0.494. The first-order valence-electron chi connectivity index (χ1n) is 6.51. The highest BCUT2D eigenvalue weighted by atomic mass is 16.5. The van der Waals surface area contributed by atoms with Crippen LogP contribution in [0, 0.1) is 5.92 Å². The first-order chi connectivity index (χ1) is 9.00. The van der Waals surface area contributed by atoms with E-state index in [-0.39, 0.29) is 0 Å². The zero-order chi connectivity index (χ0) is 14.3. The summed E-state index contributed by atoms with van der Waals surface area (Å²) in [5, 5.41) is 3.12. The number of anilines is 2. The van der Waals surface area contributed by atoms with Crippen LogP contribution in [-0.2, 0) is 4.74 Å². The third-order valence-electron chi connectivity index (χ3n) is 2.71. The molecule has 1 aromatic carbocycles. The van der Waals surface area contributed by atoms with E-state index in [1.165, 1.54) is 0 Å². The Labute approximate surface area is 114 Å². The standard InChI is InChI=1S/C14H23N3O2/c1-10(2)5-7-19-8-6-17-13-9-11(15)3-4-12(13)14(16)18/h3-4,9-10,17H,5-8,15H2,1-2H3,(H2,16,18). The molecule has 5 N–H and O–H groups in total. The highest BCUT2D eigenvalue weighted by Crippen LogP contribution is 2.18. The number of nitrogen functional groups attached to an aromatic ring is 1. The molecule has 0 aliphatic carbocycles. The van der Waals surface area contributed by atoms with Crippen LogP contribution in [0.15, 0.2) is 18.2 Å². The fourth-order valence-corrected chi connectivity index (χ4v) is 1.60. The number of carbonyl (C=O) groups excluding carboxylic acids is 1. The number of primary amides is 1. The summed E-state index contributed by atoms with van der Waals surface area (Å²) in [6.45, 7) is 6.27. The molecule has 5 nitrogen and oxygen atoms in total. The summed E-state index contributed by atoms with van der Waals surface area (Å²) in [4.78, 5) is 11.3. The molecule has 5 heteroatoms. The van der Waals surface area contributed by atoms with Crippen LogP contribution in [-0.4, -0.2) is 25.7 Å². The van der Waals surface area contributed by atoms with E-state index >= 15 is 0 Å². The predicted octanol–water partition coefficient (Wildman–Crippen LogP) is 1.84. The van der Waals surface area contributed by atoms with Gasteiger partial charge in [-0.1, -0.05) is 13.8 Å². The van der Waals surface area contributed by atoms with E-state index in [9.17, 15) is 4.79 Å². The molecule has 0 aliphatic heterocycles. The Morgan fingerprint density at radius 1 is 1.37 bits per heavy atom. The zero-order valence-electron chi connectivity index (χ0n) is 11.6. The van der Waals surface area contributed by atoms with E-state index in [2.05, 4.69) is 19.2 Å². The Hall–Kier alpha value is -1.75. The molecule has 0 fully saturated rings. The topological polar surface area (TPSA) is 90.4 Å². The van der Waals surface area contributed by atoms with Gasteiger partial charge in [0, 0.05) is 24.5 Å². The van der Waals surface area contributed by atoms with Crippen molar-refractivity contribution >= 4 is 17.3 Å². The number of benzene rings is 1. The molecule has 0 radical (unpaired) electrons. The summed E-state index contributed by atoms with van der Waals surface area (Å²) in [5.41, 5.74) is 12.7. The molecule has 1 aromatic rings. The van der Waals surface area contributed by atoms with Crippen molar-refractivity contribution in [3.63, 3.8) is 0 Å². The van der Waals surface area contributed by atoms with Crippen LogP contribution in [0.2, 0.25) is 0 Å². The van der Waals surface area contributed by atoms with Gasteiger partial charge in [-0.2, -0.15) is 0 Å². The van der Waals surface area contributed by atoms with Crippen LogP contribution in [0.25, 0.3) is 0 Å². The van der Waals surface area contributed by atoms with E-state index in [0.29, 0.717) is 36.0 Å². The van der Waals surface area contributed by atoms with Gasteiger partial charge in [0.05, 0.1) is 12.2 Å². The normalized spacial score (nSPS) is 10.7. The second-order valence-electron chi connectivity index (χ2n) is 4.89. The highest BCUT2D eigenvalue weighted by Gasteiger charge is 2.07. The molecule has 0 bridgehead atoms.